The van der Waals surface area contributed by atoms with Crippen LogP contribution >= 0.6 is 0 Å². The summed E-state index contributed by atoms with van der Waals surface area (Å²) < 4.78 is 0. The largest absolute Gasteiger partial charge is 0.368 e. The highest BCUT2D eigenvalue weighted by atomic mass is 16.2. The Kier molecular flexibility index (Phi) is 52.3. The van der Waals surface area contributed by atoms with E-state index in [2.05, 4.69) is 58.5 Å². The monoisotopic (exact) mass is 1450 g/mol. The van der Waals surface area contributed by atoms with Crippen LogP contribution in [-0.4, -0.2) is 177 Å². The third-order valence-corrected chi connectivity index (χ3v) is 17.2. The number of hydrogen-bond donors (Lipinski definition) is 18. The fourth-order valence-electron chi connectivity index (χ4n) is 11.6. The lowest BCUT2D eigenvalue weighted by molar-refractivity contribution is -0.136. The van der Waals surface area contributed by atoms with Crippen LogP contribution in [0.4, 0.5) is 0 Å². The molecule has 0 aromatic heterocycles. The van der Waals surface area contributed by atoms with E-state index in [-0.39, 0.29) is 119 Å². The molecule has 0 fully saturated rings. The zero-order chi connectivity index (χ0) is 77.3. The van der Waals surface area contributed by atoms with Crippen LogP contribution in [0.2, 0.25) is 0 Å². The van der Waals surface area contributed by atoms with E-state index < -0.39 is 131 Å². The summed E-state index contributed by atoms with van der Waals surface area (Å²) in [6, 6.07) is -12.8. The summed E-state index contributed by atoms with van der Waals surface area (Å²) in [5.74, 6) is -8.38. The van der Waals surface area contributed by atoms with E-state index in [0.29, 0.717) is 116 Å². The van der Waals surface area contributed by atoms with Gasteiger partial charge in [-0.05, 0) is 223 Å². The van der Waals surface area contributed by atoms with E-state index in [1.54, 1.807) is 0 Å². The van der Waals surface area contributed by atoms with Crippen molar-refractivity contribution in [3.8, 4) is 0 Å². The van der Waals surface area contributed by atoms with Gasteiger partial charge < -0.3 is 98.6 Å². The van der Waals surface area contributed by atoms with Gasteiger partial charge in [0, 0.05) is 6.42 Å². The van der Waals surface area contributed by atoms with Crippen molar-refractivity contribution in [3.05, 3.63) is 0 Å². The lowest BCUT2D eigenvalue weighted by Gasteiger charge is -2.29. The predicted molar refractivity (Wildman–Crippen MR) is 399 cm³/mol. The van der Waals surface area contributed by atoms with Crippen LogP contribution < -0.4 is 98.6 Å². The molecular weight excluding hydrogens is 1310 g/mol. The lowest BCUT2D eigenvalue weighted by atomic mass is 9.98. The average molecular weight is 1450 g/mol. The van der Waals surface area contributed by atoms with Crippen LogP contribution in [0.1, 0.15) is 250 Å². The minimum Gasteiger partial charge on any atom is -0.368 e. The molecule has 590 valence electrons. The second kappa shape index (κ2) is 55.9. The Bertz CT molecular complexity index is 2470. The summed E-state index contributed by atoms with van der Waals surface area (Å²) in [5.41, 5.74) is 40.8. The molecule has 0 rings (SSSR count). The molecule has 12 amide bonds. The maximum Gasteiger partial charge on any atom is 0.243 e. The molecule has 0 spiro atoms. The van der Waals surface area contributed by atoms with E-state index in [4.69, 9.17) is 40.1 Å². The van der Waals surface area contributed by atoms with Gasteiger partial charge in [0.1, 0.15) is 66.5 Å². The Morgan fingerprint density at radius 3 is 0.598 bits per heavy atom. The summed E-state index contributed by atoms with van der Waals surface area (Å²) >= 11 is 0. The van der Waals surface area contributed by atoms with E-state index in [1.807, 2.05) is 76.2 Å². The summed E-state index contributed by atoms with van der Waals surface area (Å²) in [4.78, 5) is 170. The van der Waals surface area contributed by atoms with Crippen LogP contribution in [0.25, 0.3) is 0 Å². The predicted octanol–water partition coefficient (Wildman–Crippen LogP) is 1.39. The molecular formula is C72H140N18O12. The quantitative estimate of drug-likeness (QED) is 0.0383. The highest BCUT2D eigenvalue weighted by Crippen LogP contribution is 2.17. The minimum atomic E-state index is -1.27. The fourth-order valence-corrected chi connectivity index (χ4v) is 11.6. The number of carbonyl (C=O) groups is 12. The van der Waals surface area contributed by atoms with Crippen molar-refractivity contribution >= 4 is 70.9 Å². The molecule has 0 aromatic rings. The van der Waals surface area contributed by atoms with E-state index in [9.17, 15) is 57.5 Å². The first kappa shape index (κ1) is 95.4. The van der Waals surface area contributed by atoms with Crippen molar-refractivity contribution in [2.75, 3.05) is 39.3 Å². The molecule has 0 saturated heterocycles. The molecule has 0 aliphatic rings. The van der Waals surface area contributed by atoms with Gasteiger partial charge in [0.05, 0.1) is 0 Å². The van der Waals surface area contributed by atoms with Gasteiger partial charge in [-0.2, -0.15) is 0 Å². The van der Waals surface area contributed by atoms with Crippen molar-refractivity contribution in [1.29, 1.82) is 0 Å². The highest BCUT2D eigenvalue weighted by molar-refractivity contribution is 5.99. The minimum absolute atomic E-state index is 0.00428. The third kappa shape index (κ3) is 42.9. The zero-order valence-corrected chi connectivity index (χ0v) is 64.0. The molecule has 11 atom stereocenters. The normalized spacial score (nSPS) is 14.8. The number of amides is 12. The number of nitrogens with two attached hydrogens (primary N) is 7. The lowest BCUT2D eigenvalue weighted by Crippen LogP contribution is -2.61. The molecule has 25 N–H and O–H groups in total. The number of primary amides is 1. The SMILES string of the molecule is CCCCCC(=O)N[C@@H](CC(C)C)C(=O)N[C@@H](CCCCN)C(=O)N[C@@H](CCCCN)C(=O)N[C@@H](CC(C)C)C(=O)N[C@@H](CC(C)C)C(=O)N[C@@H](CCCCN)C(=O)N[C@@H](CCCCN)C(=O)N[C@@H](CC(C)C)C(=O)N[C@@H](CCCCN)C(=O)N[C@@H](CCCCN)C(=O)N[C@@H](CC(C)C)C(N)=O. The van der Waals surface area contributed by atoms with E-state index in [0.717, 1.165) is 12.8 Å². The van der Waals surface area contributed by atoms with Crippen LogP contribution in [0, 0.1) is 29.6 Å². The molecule has 0 aliphatic heterocycles. The Morgan fingerprint density at radius 2 is 0.412 bits per heavy atom. The molecule has 0 aliphatic carbocycles. The first-order chi connectivity index (χ1) is 48.3. The Hall–Kier alpha value is -6.60. The van der Waals surface area contributed by atoms with Gasteiger partial charge in [-0.1, -0.05) is 89.0 Å². The topological polar surface area (TPSA) is 519 Å². The Balaban J connectivity index is 7.21. The third-order valence-electron chi connectivity index (χ3n) is 17.2. The first-order valence-corrected chi connectivity index (χ1v) is 38.2. The molecule has 0 aromatic carbocycles. The summed E-state index contributed by atoms with van der Waals surface area (Å²) in [5, 5.41) is 31.0. The van der Waals surface area contributed by atoms with Gasteiger partial charge in [-0.3, -0.25) is 57.5 Å². The zero-order valence-electron chi connectivity index (χ0n) is 64.0. The Morgan fingerprint density at radius 1 is 0.235 bits per heavy atom. The number of hydrogen-bond acceptors (Lipinski definition) is 18. The van der Waals surface area contributed by atoms with Gasteiger partial charge in [-0.15, -0.1) is 0 Å². The fraction of sp³-hybridized carbons (Fsp3) is 0.833. The summed E-state index contributed by atoms with van der Waals surface area (Å²) in [7, 11) is 0. The smallest absolute Gasteiger partial charge is 0.243 e. The molecule has 0 saturated carbocycles. The molecule has 0 unspecified atom stereocenters. The molecule has 0 radical (unpaired) electrons. The number of rotatable bonds is 60. The second-order valence-corrected chi connectivity index (χ2v) is 29.4. The van der Waals surface area contributed by atoms with Crippen molar-refractivity contribution in [2.45, 2.75) is 316 Å². The number of nitrogens with one attached hydrogen (secondary N) is 11. The standard InChI is InChI=1S/C72H140N18O12/c1-12-13-14-33-61(91)80-57(41-46(4)5)69(99)84-50(27-15-21-34-73)63(93)82-55(32-20-26-39-78)68(98)89-60(44-49(10)11)72(102)90-59(43-48(8)9)71(101)86-52(29-17-23-36-75)65(95)83-54(31-19-25-38-77)67(97)88-58(42-47(6)7)70(100)85-51(28-16-22-35-74)64(94)81-53(30-18-24-37-76)66(96)87-56(62(79)92)40-45(2)3/h45-60H,12-44,73-78H2,1-11H3,(H2,79,92)(H,80,91)(H,81,94)(H,82,93)(H,83,95)(H,84,99)(H,85,100)(H,86,101)(H,87,96)(H,88,97)(H,89,98)(H,90,102)/t50-,51-,52-,53-,54-,55-,56-,57-,58-,59-,60-/m0/s1. The van der Waals surface area contributed by atoms with Crippen LogP contribution in [0.15, 0.2) is 0 Å². The maximum atomic E-state index is 14.7. The summed E-state index contributed by atoms with van der Waals surface area (Å²) in [6.07, 6.45) is 9.73. The van der Waals surface area contributed by atoms with Gasteiger partial charge in [0.25, 0.3) is 0 Å². The molecule has 30 heteroatoms. The van der Waals surface area contributed by atoms with Gasteiger partial charge >= 0.3 is 0 Å². The van der Waals surface area contributed by atoms with E-state index >= 15 is 0 Å². The number of unbranched alkanes of at least 4 members (excludes halogenated alkanes) is 8. The van der Waals surface area contributed by atoms with Gasteiger partial charge in [0.2, 0.25) is 70.9 Å². The Labute approximate surface area is 609 Å². The van der Waals surface area contributed by atoms with Crippen molar-refractivity contribution in [3.63, 3.8) is 0 Å². The summed E-state index contributed by atoms with van der Waals surface area (Å²) in [6.45, 7) is 22.5. The van der Waals surface area contributed by atoms with Crippen LogP contribution in [0.3, 0.4) is 0 Å². The second-order valence-electron chi connectivity index (χ2n) is 29.4. The van der Waals surface area contributed by atoms with E-state index in [1.165, 1.54) is 0 Å². The molecule has 0 heterocycles. The van der Waals surface area contributed by atoms with Crippen molar-refractivity contribution in [2.24, 2.45) is 69.7 Å². The average Bonchev–Trinajstić information content (AvgIpc) is 0.862. The number of carbonyl (C=O) groups excluding carboxylic acids is 12. The first-order valence-electron chi connectivity index (χ1n) is 38.2. The van der Waals surface area contributed by atoms with Crippen LogP contribution in [0.5, 0.6) is 0 Å². The molecule has 0 bridgehead atoms. The van der Waals surface area contributed by atoms with Gasteiger partial charge in [-0.25, -0.2) is 0 Å². The maximum absolute atomic E-state index is 14.7. The van der Waals surface area contributed by atoms with Crippen molar-refractivity contribution in [1.82, 2.24) is 58.5 Å². The van der Waals surface area contributed by atoms with Crippen LogP contribution in [-0.2, 0) is 57.5 Å². The van der Waals surface area contributed by atoms with Gasteiger partial charge in [0.15, 0.2) is 0 Å². The molecule has 30 nitrogen and oxygen atoms in total. The molecule has 102 heavy (non-hydrogen) atoms. The van der Waals surface area contributed by atoms with Crippen molar-refractivity contribution < 1.29 is 57.5 Å². The highest BCUT2D eigenvalue weighted by Gasteiger charge is 2.37.